The zero-order valence-electron chi connectivity index (χ0n) is 8.73. The molecule has 0 saturated heterocycles. The molecule has 0 heterocycles. The standard InChI is InChI=1S/C10H12BrNO3S/c1-2-16(14,15)12-9-5-3-8(4-6-9)10(13)7-11/h3-6,12H,2,7H2,1H3. The highest BCUT2D eigenvalue weighted by molar-refractivity contribution is 9.09. The van der Waals surface area contributed by atoms with Crippen molar-refractivity contribution in [1.29, 1.82) is 0 Å². The molecule has 1 N–H and O–H groups in total. The molecule has 0 aliphatic heterocycles. The van der Waals surface area contributed by atoms with Gasteiger partial charge in [0, 0.05) is 11.3 Å². The van der Waals surface area contributed by atoms with Gasteiger partial charge in [0.15, 0.2) is 5.78 Å². The summed E-state index contributed by atoms with van der Waals surface area (Å²) in [5, 5.41) is 0.257. The van der Waals surface area contributed by atoms with Crippen LogP contribution in [0.1, 0.15) is 17.3 Å². The third-order valence-corrected chi connectivity index (χ3v) is 3.80. The Morgan fingerprint density at radius 2 is 1.88 bits per heavy atom. The third-order valence-electron chi connectivity index (χ3n) is 1.98. The van der Waals surface area contributed by atoms with E-state index in [0.717, 1.165) is 0 Å². The Kier molecular flexibility index (Phi) is 4.49. The Bertz CT molecular complexity index is 467. The molecule has 0 saturated carbocycles. The Morgan fingerprint density at radius 1 is 1.31 bits per heavy atom. The lowest BCUT2D eigenvalue weighted by molar-refractivity contribution is 0.102. The van der Waals surface area contributed by atoms with Crippen molar-refractivity contribution >= 4 is 37.4 Å². The van der Waals surface area contributed by atoms with Gasteiger partial charge in [-0.3, -0.25) is 9.52 Å². The van der Waals surface area contributed by atoms with Gasteiger partial charge in [0.05, 0.1) is 11.1 Å². The van der Waals surface area contributed by atoms with E-state index in [1.165, 1.54) is 0 Å². The van der Waals surface area contributed by atoms with Crippen LogP contribution in [0.4, 0.5) is 5.69 Å². The highest BCUT2D eigenvalue weighted by Gasteiger charge is 2.07. The third kappa shape index (κ3) is 3.61. The second kappa shape index (κ2) is 5.45. The highest BCUT2D eigenvalue weighted by Crippen LogP contribution is 2.12. The molecule has 4 nitrogen and oxygen atoms in total. The van der Waals surface area contributed by atoms with E-state index in [4.69, 9.17) is 0 Å². The van der Waals surface area contributed by atoms with Crippen LogP contribution in [0, 0.1) is 0 Å². The highest BCUT2D eigenvalue weighted by atomic mass is 79.9. The van der Waals surface area contributed by atoms with E-state index in [1.54, 1.807) is 31.2 Å². The van der Waals surface area contributed by atoms with Gasteiger partial charge >= 0.3 is 0 Å². The van der Waals surface area contributed by atoms with Gasteiger partial charge in [-0.1, -0.05) is 15.9 Å². The van der Waals surface area contributed by atoms with Gasteiger partial charge in [-0.15, -0.1) is 0 Å². The molecule has 1 rings (SSSR count). The molecule has 0 unspecified atom stereocenters. The number of hydrogen-bond donors (Lipinski definition) is 1. The summed E-state index contributed by atoms with van der Waals surface area (Å²) in [6, 6.07) is 6.33. The molecule has 0 aliphatic carbocycles. The molecule has 88 valence electrons. The van der Waals surface area contributed by atoms with Crippen LogP contribution in [-0.2, 0) is 10.0 Å². The minimum atomic E-state index is -3.26. The molecule has 1 aromatic carbocycles. The van der Waals surface area contributed by atoms with Crippen molar-refractivity contribution in [2.45, 2.75) is 6.92 Å². The zero-order chi connectivity index (χ0) is 12.2. The molecule has 0 aromatic heterocycles. The van der Waals surface area contributed by atoms with Crippen LogP contribution in [0.15, 0.2) is 24.3 Å². The summed E-state index contributed by atoms with van der Waals surface area (Å²) in [5.74, 6) is -0.0142. The Hall–Kier alpha value is -0.880. The van der Waals surface area contributed by atoms with Crippen molar-refractivity contribution in [1.82, 2.24) is 0 Å². The second-order valence-electron chi connectivity index (χ2n) is 3.14. The van der Waals surface area contributed by atoms with Crippen LogP contribution in [0.3, 0.4) is 0 Å². The van der Waals surface area contributed by atoms with Crippen LogP contribution >= 0.6 is 15.9 Å². The molecule has 0 atom stereocenters. The number of benzene rings is 1. The first-order valence-electron chi connectivity index (χ1n) is 4.68. The summed E-state index contributed by atoms with van der Waals surface area (Å²) in [6.45, 7) is 1.56. The van der Waals surface area contributed by atoms with Crippen LogP contribution in [0.2, 0.25) is 0 Å². The van der Waals surface area contributed by atoms with E-state index in [1.807, 2.05) is 0 Å². The topological polar surface area (TPSA) is 63.2 Å². The number of hydrogen-bond acceptors (Lipinski definition) is 3. The maximum atomic E-state index is 11.3. The van der Waals surface area contributed by atoms with Crippen LogP contribution < -0.4 is 4.72 Å². The fourth-order valence-electron chi connectivity index (χ4n) is 1.05. The SMILES string of the molecule is CCS(=O)(=O)Nc1ccc(C(=O)CBr)cc1. The number of nitrogens with one attached hydrogen (secondary N) is 1. The first-order valence-corrected chi connectivity index (χ1v) is 7.45. The van der Waals surface area contributed by atoms with Gasteiger partial charge < -0.3 is 0 Å². The van der Waals surface area contributed by atoms with Gasteiger partial charge in [0.1, 0.15) is 0 Å². The molecule has 0 bridgehead atoms. The Balaban J connectivity index is 2.84. The first-order chi connectivity index (χ1) is 7.48. The number of halogens is 1. The Morgan fingerprint density at radius 3 is 2.31 bits per heavy atom. The summed E-state index contributed by atoms with van der Waals surface area (Å²) in [6.07, 6.45) is 0. The van der Waals surface area contributed by atoms with Crippen LogP contribution in [-0.4, -0.2) is 25.3 Å². The minimum Gasteiger partial charge on any atom is -0.293 e. The van der Waals surface area contributed by atoms with E-state index >= 15 is 0 Å². The van der Waals surface area contributed by atoms with E-state index in [-0.39, 0.29) is 16.9 Å². The van der Waals surface area contributed by atoms with E-state index in [9.17, 15) is 13.2 Å². The number of Topliss-reactive ketones (excluding diaryl/α,β-unsaturated/α-hetero) is 1. The van der Waals surface area contributed by atoms with Gasteiger partial charge in [0.25, 0.3) is 0 Å². The lowest BCUT2D eigenvalue weighted by Gasteiger charge is -2.06. The largest absolute Gasteiger partial charge is 0.293 e. The molecular weight excluding hydrogens is 294 g/mol. The lowest BCUT2D eigenvalue weighted by Crippen LogP contribution is -2.14. The van der Waals surface area contributed by atoms with E-state index in [2.05, 4.69) is 20.7 Å². The predicted octanol–water partition coefficient (Wildman–Crippen LogP) is 2.03. The molecule has 6 heteroatoms. The molecule has 1 aromatic rings. The van der Waals surface area contributed by atoms with Gasteiger partial charge in [0.2, 0.25) is 10.0 Å². The van der Waals surface area contributed by atoms with Gasteiger partial charge in [-0.25, -0.2) is 8.42 Å². The summed E-state index contributed by atoms with van der Waals surface area (Å²) in [4.78, 5) is 11.3. The van der Waals surface area contributed by atoms with E-state index in [0.29, 0.717) is 11.3 Å². The number of alkyl halides is 1. The average Bonchev–Trinajstić information content (AvgIpc) is 2.28. The summed E-state index contributed by atoms with van der Waals surface area (Å²) in [5.41, 5.74) is 1.02. The minimum absolute atomic E-state index is 0.0229. The number of sulfonamides is 1. The monoisotopic (exact) mass is 305 g/mol. The molecule has 0 fully saturated rings. The van der Waals surface area contributed by atoms with Crippen molar-refractivity contribution in [3.63, 3.8) is 0 Å². The fourth-order valence-corrected chi connectivity index (χ4v) is 2.02. The normalized spacial score (nSPS) is 11.1. The Labute approximate surface area is 103 Å². The lowest BCUT2D eigenvalue weighted by atomic mass is 10.1. The molecule has 0 radical (unpaired) electrons. The molecule has 0 aliphatic rings. The van der Waals surface area contributed by atoms with Crippen molar-refractivity contribution < 1.29 is 13.2 Å². The molecule has 16 heavy (non-hydrogen) atoms. The zero-order valence-corrected chi connectivity index (χ0v) is 11.1. The van der Waals surface area contributed by atoms with Crippen molar-refractivity contribution in [3.8, 4) is 0 Å². The number of carbonyl (C=O) groups excluding carboxylic acids is 1. The number of rotatable bonds is 5. The van der Waals surface area contributed by atoms with Gasteiger partial charge in [-0.2, -0.15) is 0 Å². The second-order valence-corrected chi connectivity index (χ2v) is 5.71. The smallest absolute Gasteiger partial charge is 0.232 e. The number of carbonyl (C=O) groups is 1. The van der Waals surface area contributed by atoms with Crippen LogP contribution in [0.25, 0.3) is 0 Å². The van der Waals surface area contributed by atoms with Crippen molar-refractivity contribution in [3.05, 3.63) is 29.8 Å². The quantitative estimate of drug-likeness (QED) is 0.669. The summed E-state index contributed by atoms with van der Waals surface area (Å²) < 4.78 is 24.9. The summed E-state index contributed by atoms with van der Waals surface area (Å²) >= 11 is 3.07. The maximum absolute atomic E-state index is 11.3. The maximum Gasteiger partial charge on any atom is 0.232 e. The average molecular weight is 306 g/mol. The van der Waals surface area contributed by atoms with E-state index < -0.39 is 10.0 Å². The number of ketones is 1. The number of anilines is 1. The molecule has 0 amide bonds. The van der Waals surface area contributed by atoms with Crippen molar-refractivity contribution in [2.75, 3.05) is 15.8 Å². The molecular formula is C10H12BrNO3S. The summed E-state index contributed by atoms with van der Waals surface area (Å²) in [7, 11) is -3.26. The van der Waals surface area contributed by atoms with Gasteiger partial charge in [-0.05, 0) is 31.2 Å². The fraction of sp³-hybridized carbons (Fsp3) is 0.300. The van der Waals surface area contributed by atoms with Crippen LogP contribution in [0.5, 0.6) is 0 Å². The predicted molar refractivity (Wildman–Crippen MR) is 67.7 cm³/mol. The molecule has 0 spiro atoms. The first kappa shape index (κ1) is 13.2. The van der Waals surface area contributed by atoms with Crippen molar-refractivity contribution in [2.24, 2.45) is 0 Å².